The van der Waals surface area contributed by atoms with Crippen molar-refractivity contribution in [2.45, 2.75) is 39.5 Å². The number of para-hydroxylation sites is 1. The molecule has 0 bridgehead atoms. The third-order valence-electron chi connectivity index (χ3n) is 3.95. The van der Waals surface area contributed by atoms with E-state index in [4.69, 9.17) is 14.5 Å². The van der Waals surface area contributed by atoms with Crippen molar-refractivity contribution in [2.75, 3.05) is 27.2 Å². The van der Waals surface area contributed by atoms with Gasteiger partial charge < -0.3 is 19.7 Å². The van der Waals surface area contributed by atoms with E-state index in [1.807, 2.05) is 51.2 Å². The van der Waals surface area contributed by atoms with Gasteiger partial charge in [0.05, 0.1) is 18.8 Å². The summed E-state index contributed by atoms with van der Waals surface area (Å²) >= 11 is 1.63. The highest BCUT2D eigenvalue weighted by molar-refractivity contribution is 7.09. The molecule has 1 aromatic heterocycles. The molecule has 0 radical (unpaired) electrons. The molecule has 2 aromatic rings. The van der Waals surface area contributed by atoms with E-state index in [0.29, 0.717) is 13.1 Å². The summed E-state index contributed by atoms with van der Waals surface area (Å²) in [6.45, 7) is 8.16. The fourth-order valence-electron chi connectivity index (χ4n) is 2.45. The van der Waals surface area contributed by atoms with Crippen LogP contribution in [0.5, 0.6) is 5.75 Å². The smallest absolute Gasteiger partial charge is 0.194 e. The van der Waals surface area contributed by atoms with Crippen LogP contribution < -0.4 is 10.1 Å². The number of nitrogens with one attached hydrogen (secondary N) is 1. The van der Waals surface area contributed by atoms with Gasteiger partial charge in [0.1, 0.15) is 23.0 Å². The molecule has 1 aromatic carbocycles. The van der Waals surface area contributed by atoms with E-state index < -0.39 is 0 Å². The summed E-state index contributed by atoms with van der Waals surface area (Å²) in [6.07, 6.45) is 0.00910. The zero-order valence-corrected chi connectivity index (χ0v) is 17.6. The zero-order valence-electron chi connectivity index (χ0n) is 16.8. The molecule has 0 saturated carbocycles. The van der Waals surface area contributed by atoms with Gasteiger partial charge in [0, 0.05) is 26.1 Å². The molecular weight excluding hydrogens is 360 g/mol. The number of ether oxygens (including phenoxy) is 2. The molecule has 0 spiro atoms. The Morgan fingerprint density at radius 3 is 2.70 bits per heavy atom. The first-order chi connectivity index (χ1) is 13.0. The van der Waals surface area contributed by atoms with Gasteiger partial charge in [-0.25, -0.2) is 9.98 Å². The van der Waals surface area contributed by atoms with Crippen molar-refractivity contribution in [3.8, 4) is 5.75 Å². The number of thiazole rings is 1. The maximum Gasteiger partial charge on any atom is 0.194 e. The van der Waals surface area contributed by atoms with Crippen LogP contribution >= 0.6 is 11.3 Å². The number of benzene rings is 1. The van der Waals surface area contributed by atoms with E-state index in [0.717, 1.165) is 29.0 Å². The zero-order chi connectivity index (χ0) is 19.6. The summed E-state index contributed by atoms with van der Waals surface area (Å²) in [7, 11) is 3.72. The van der Waals surface area contributed by atoms with Crippen molar-refractivity contribution >= 4 is 17.3 Å². The lowest BCUT2D eigenvalue weighted by Crippen LogP contribution is -2.39. The Hall–Kier alpha value is -2.12. The van der Waals surface area contributed by atoms with Crippen LogP contribution in [0.4, 0.5) is 0 Å². The Morgan fingerprint density at radius 2 is 2.04 bits per heavy atom. The molecule has 0 saturated heterocycles. The fraction of sp³-hybridized carbons (Fsp3) is 0.500. The van der Waals surface area contributed by atoms with E-state index in [9.17, 15) is 0 Å². The van der Waals surface area contributed by atoms with Gasteiger partial charge in [0.2, 0.25) is 0 Å². The highest BCUT2D eigenvalue weighted by Gasteiger charge is 2.13. The Bertz CT molecular complexity index is 705. The van der Waals surface area contributed by atoms with Gasteiger partial charge in [-0.2, -0.15) is 0 Å². The molecule has 7 heteroatoms. The standard InChI is InChI=1S/C20H30N4O2S/c1-6-21-20(22-12-15(2)26-18-10-8-7-9-11-18)24(4)13-17-14-27-19(23-17)16(3)25-5/h7-11,14-16H,6,12-13H2,1-5H3,(H,21,22). The molecular formula is C20H30N4O2S. The minimum atomic E-state index is -0.0112. The van der Waals surface area contributed by atoms with Crippen molar-refractivity contribution in [3.05, 3.63) is 46.4 Å². The summed E-state index contributed by atoms with van der Waals surface area (Å²) in [6, 6.07) is 9.83. The molecule has 2 unspecified atom stereocenters. The number of hydrogen-bond acceptors (Lipinski definition) is 5. The lowest BCUT2D eigenvalue weighted by molar-refractivity contribution is 0.119. The summed E-state index contributed by atoms with van der Waals surface area (Å²) in [5, 5.41) is 6.40. The minimum absolute atomic E-state index is 0.0112. The first-order valence-corrected chi connectivity index (χ1v) is 10.1. The van der Waals surface area contributed by atoms with Crippen molar-refractivity contribution < 1.29 is 9.47 Å². The maximum atomic E-state index is 5.90. The van der Waals surface area contributed by atoms with Crippen LogP contribution in [-0.2, 0) is 11.3 Å². The number of rotatable bonds is 9. The van der Waals surface area contributed by atoms with Gasteiger partial charge in [0.15, 0.2) is 5.96 Å². The number of nitrogens with zero attached hydrogens (tertiary/aromatic N) is 3. The summed E-state index contributed by atoms with van der Waals surface area (Å²) in [4.78, 5) is 11.5. The largest absolute Gasteiger partial charge is 0.489 e. The van der Waals surface area contributed by atoms with Crippen LogP contribution in [0.3, 0.4) is 0 Å². The molecule has 0 amide bonds. The summed E-state index contributed by atoms with van der Waals surface area (Å²) in [5.41, 5.74) is 1.01. The van der Waals surface area contributed by atoms with Crippen molar-refractivity contribution in [1.29, 1.82) is 0 Å². The molecule has 0 aliphatic heterocycles. The molecule has 0 fully saturated rings. The summed E-state index contributed by atoms with van der Waals surface area (Å²) < 4.78 is 11.2. The predicted octanol–water partition coefficient (Wildman–Crippen LogP) is 3.72. The highest BCUT2D eigenvalue weighted by atomic mass is 32.1. The second-order valence-corrected chi connectivity index (χ2v) is 7.24. The molecule has 6 nitrogen and oxygen atoms in total. The van der Waals surface area contributed by atoms with Crippen LogP contribution in [0.1, 0.15) is 37.6 Å². The molecule has 1 heterocycles. The Morgan fingerprint density at radius 1 is 1.30 bits per heavy atom. The van der Waals surface area contributed by atoms with Crippen molar-refractivity contribution in [3.63, 3.8) is 0 Å². The van der Waals surface area contributed by atoms with Crippen LogP contribution in [-0.4, -0.2) is 49.2 Å². The van der Waals surface area contributed by atoms with E-state index in [-0.39, 0.29) is 12.2 Å². The maximum absolute atomic E-state index is 5.90. The molecule has 0 aliphatic rings. The van der Waals surface area contributed by atoms with Crippen LogP contribution in [0.2, 0.25) is 0 Å². The molecule has 148 valence electrons. The molecule has 2 rings (SSSR count). The quantitative estimate of drug-likeness (QED) is 0.522. The van der Waals surface area contributed by atoms with Crippen LogP contribution in [0, 0.1) is 0 Å². The minimum Gasteiger partial charge on any atom is -0.489 e. The van der Waals surface area contributed by atoms with E-state index >= 15 is 0 Å². The highest BCUT2D eigenvalue weighted by Crippen LogP contribution is 2.21. The van der Waals surface area contributed by atoms with E-state index in [1.165, 1.54) is 0 Å². The van der Waals surface area contributed by atoms with Gasteiger partial charge >= 0.3 is 0 Å². The first kappa shape index (κ1) is 21.2. The average Bonchev–Trinajstić information content (AvgIpc) is 3.13. The molecule has 27 heavy (non-hydrogen) atoms. The number of hydrogen-bond donors (Lipinski definition) is 1. The van der Waals surface area contributed by atoms with Gasteiger partial charge in [-0.1, -0.05) is 18.2 Å². The van der Waals surface area contributed by atoms with Gasteiger partial charge in [-0.3, -0.25) is 0 Å². The van der Waals surface area contributed by atoms with Crippen molar-refractivity contribution in [2.24, 2.45) is 4.99 Å². The molecule has 1 N–H and O–H groups in total. The molecule has 0 aliphatic carbocycles. The van der Waals surface area contributed by atoms with E-state index in [2.05, 4.69) is 27.5 Å². The third kappa shape index (κ3) is 6.84. The topological polar surface area (TPSA) is 59.0 Å². The average molecular weight is 391 g/mol. The number of methoxy groups -OCH3 is 1. The fourth-order valence-corrected chi connectivity index (χ4v) is 3.30. The summed E-state index contributed by atoms with van der Waals surface area (Å²) in [5.74, 6) is 1.70. The van der Waals surface area contributed by atoms with Crippen molar-refractivity contribution in [1.82, 2.24) is 15.2 Å². The van der Waals surface area contributed by atoms with E-state index in [1.54, 1.807) is 18.4 Å². The number of aliphatic imine (C=N–C) groups is 1. The monoisotopic (exact) mass is 390 g/mol. The second kappa shape index (κ2) is 10.9. The van der Waals surface area contributed by atoms with Crippen LogP contribution in [0.15, 0.2) is 40.7 Å². The Kier molecular flexibility index (Phi) is 8.54. The SMILES string of the molecule is CCNC(=NCC(C)Oc1ccccc1)N(C)Cc1csc(C(C)OC)n1. The van der Waals surface area contributed by atoms with Gasteiger partial charge in [-0.05, 0) is 32.9 Å². The van der Waals surface area contributed by atoms with Gasteiger partial charge in [0.25, 0.3) is 0 Å². The second-order valence-electron chi connectivity index (χ2n) is 6.35. The molecule has 2 atom stereocenters. The lowest BCUT2D eigenvalue weighted by Gasteiger charge is -2.22. The third-order valence-corrected chi connectivity index (χ3v) is 5.00. The van der Waals surface area contributed by atoms with Gasteiger partial charge in [-0.15, -0.1) is 11.3 Å². The number of guanidine groups is 1. The number of aromatic nitrogens is 1. The predicted molar refractivity (Wildman–Crippen MR) is 112 cm³/mol. The first-order valence-electron chi connectivity index (χ1n) is 9.21. The Labute approximate surface area is 166 Å². The Balaban J connectivity index is 1.95. The normalized spacial score (nSPS) is 13.9. The van der Waals surface area contributed by atoms with Crippen LogP contribution in [0.25, 0.3) is 0 Å². The lowest BCUT2D eigenvalue weighted by atomic mass is 10.3.